The van der Waals surface area contributed by atoms with Crippen molar-refractivity contribution in [1.29, 1.82) is 0 Å². The second-order valence-corrected chi connectivity index (χ2v) is 8.87. The molecule has 1 heterocycles. The van der Waals surface area contributed by atoms with E-state index in [0.717, 1.165) is 6.42 Å². The Kier molecular flexibility index (Phi) is 8.16. The molecule has 146 valence electrons. The van der Waals surface area contributed by atoms with Crippen LogP contribution in [0.1, 0.15) is 26.2 Å². The molecule has 0 aromatic heterocycles. The number of carbonyl (C=O) groups excluding carboxylic acids is 1. The number of benzene rings is 1. The van der Waals surface area contributed by atoms with Gasteiger partial charge in [-0.25, -0.2) is 8.42 Å². The van der Waals surface area contributed by atoms with Crippen molar-refractivity contribution < 1.29 is 17.9 Å². The van der Waals surface area contributed by atoms with E-state index in [2.05, 4.69) is 5.32 Å². The van der Waals surface area contributed by atoms with Gasteiger partial charge in [-0.05, 0) is 44.4 Å². The molecule has 1 atom stereocenters. The Hall–Kier alpha value is -0.860. The summed E-state index contributed by atoms with van der Waals surface area (Å²) in [6.07, 6.45) is 2.01. The number of nitrogens with one attached hydrogen (secondary N) is 1. The van der Waals surface area contributed by atoms with Gasteiger partial charge in [0.1, 0.15) is 4.90 Å². The van der Waals surface area contributed by atoms with Gasteiger partial charge in [0.05, 0.1) is 10.9 Å². The number of hydrogen-bond acceptors (Lipinski definition) is 4. The second kappa shape index (κ2) is 9.90. The molecular formula is C17H24Cl2N2O4S. The second-order valence-electron chi connectivity index (χ2n) is 6.12. The molecule has 1 saturated heterocycles. The molecule has 1 aliphatic heterocycles. The molecule has 2 rings (SSSR count). The van der Waals surface area contributed by atoms with Crippen molar-refractivity contribution in [3.63, 3.8) is 0 Å². The third-order valence-corrected chi connectivity index (χ3v) is 6.82. The fourth-order valence-corrected chi connectivity index (χ4v) is 5.12. The van der Waals surface area contributed by atoms with E-state index in [0.29, 0.717) is 44.2 Å². The van der Waals surface area contributed by atoms with Crippen LogP contribution in [0.15, 0.2) is 23.1 Å². The van der Waals surface area contributed by atoms with Gasteiger partial charge in [0.15, 0.2) is 0 Å². The first-order chi connectivity index (χ1) is 12.4. The average Bonchev–Trinajstić information content (AvgIpc) is 2.63. The number of halogens is 2. The minimum absolute atomic E-state index is 0.0237. The summed E-state index contributed by atoms with van der Waals surface area (Å²) < 4.78 is 32.3. The maximum atomic E-state index is 12.9. The highest BCUT2D eigenvalue weighted by molar-refractivity contribution is 7.89. The molecule has 1 N–H and O–H groups in total. The van der Waals surface area contributed by atoms with Gasteiger partial charge in [0.25, 0.3) is 0 Å². The van der Waals surface area contributed by atoms with E-state index in [-0.39, 0.29) is 28.3 Å². The average molecular weight is 423 g/mol. The number of sulfonamides is 1. The summed E-state index contributed by atoms with van der Waals surface area (Å²) in [5, 5.41) is 3.28. The van der Waals surface area contributed by atoms with Crippen LogP contribution in [-0.4, -0.2) is 51.5 Å². The molecule has 9 heteroatoms. The fraction of sp³-hybridized carbons (Fsp3) is 0.588. The van der Waals surface area contributed by atoms with E-state index in [1.807, 2.05) is 6.92 Å². The van der Waals surface area contributed by atoms with Crippen LogP contribution in [-0.2, 0) is 19.6 Å². The van der Waals surface area contributed by atoms with E-state index < -0.39 is 10.0 Å². The van der Waals surface area contributed by atoms with Crippen molar-refractivity contribution in [3.05, 3.63) is 28.2 Å². The molecule has 1 amide bonds. The molecule has 0 spiro atoms. The van der Waals surface area contributed by atoms with Crippen molar-refractivity contribution >= 4 is 39.1 Å². The summed E-state index contributed by atoms with van der Waals surface area (Å²) in [5.41, 5.74) is 0. The van der Waals surface area contributed by atoms with Crippen LogP contribution in [0.2, 0.25) is 10.0 Å². The van der Waals surface area contributed by atoms with Gasteiger partial charge in [-0.2, -0.15) is 4.31 Å². The van der Waals surface area contributed by atoms with Gasteiger partial charge in [-0.3, -0.25) is 4.79 Å². The summed E-state index contributed by atoms with van der Waals surface area (Å²) in [6.45, 7) is 4.18. The topological polar surface area (TPSA) is 75.7 Å². The van der Waals surface area contributed by atoms with E-state index in [1.165, 1.54) is 22.5 Å². The minimum atomic E-state index is -3.80. The molecule has 1 fully saturated rings. The first kappa shape index (κ1) is 21.4. The van der Waals surface area contributed by atoms with Crippen molar-refractivity contribution in [2.24, 2.45) is 5.92 Å². The lowest BCUT2D eigenvalue weighted by Crippen LogP contribution is -2.45. The SMILES string of the molecule is CCOCCCNC(=O)[C@H]1CCCN(S(=O)(=O)c2cc(Cl)ccc2Cl)C1. The van der Waals surface area contributed by atoms with Crippen LogP contribution in [0.4, 0.5) is 0 Å². The zero-order valence-electron chi connectivity index (χ0n) is 14.7. The van der Waals surface area contributed by atoms with Gasteiger partial charge in [-0.1, -0.05) is 23.2 Å². The fourth-order valence-electron chi connectivity index (χ4n) is 2.86. The van der Waals surface area contributed by atoms with E-state index in [1.54, 1.807) is 0 Å². The van der Waals surface area contributed by atoms with Crippen LogP contribution >= 0.6 is 23.2 Å². The van der Waals surface area contributed by atoms with Crippen molar-refractivity contribution in [1.82, 2.24) is 9.62 Å². The van der Waals surface area contributed by atoms with Gasteiger partial charge in [0.2, 0.25) is 15.9 Å². The van der Waals surface area contributed by atoms with Crippen LogP contribution in [0.5, 0.6) is 0 Å². The number of carbonyl (C=O) groups is 1. The van der Waals surface area contributed by atoms with Crippen LogP contribution in [0.3, 0.4) is 0 Å². The monoisotopic (exact) mass is 422 g/mol. The number of rotatable bonds is 8. The Labute approximate surface area is 164 Å². The predicted octanol–water partition coefficient (Wildman–Crippen LogP) is 2.94. The molecule has 0 aliphatic carbocycles. The predicted molar refractivity (Wildman–Crippen MR) is 102 cm³/mol. The number of piperidine rings is 1. The summed E-state index contributed by atoms with van der Waals surface area (Å²) in [6, 6.07) is 4.34. The first-order valence-electron chi connectivity index (χ1n) is 8.67. The molecule has 6 nitrogen and oxygen atoms in total. The lowest BCUT2D eigenvalue weighted by Gasteiger charge is -2.31. The van der Waals surface area contributed by atoms with Crippen molar-refractivity contribution in [2.75, 3.05) is 32.8 Å². The Bertz CT molecular complexity index is 727. The first-order valence-corrected chi connectivity index (χ1v) is 10.9. The Morgan fingerprint density at radius 2 is 2.15 bits per heavy atom. The van der Waals surface area contributed by atoms with Crippen LogP contribution in [0.25, 0.3) is 0 Å². The maximum absolute atomic E-state index is 12.9. The highest BCUT2D eigenvalue weighted by Gasteiger charge is 2.34. The van der Waals surface area contributed by atoms with Gasteiger partial charge >= 0.3 is 0 Å². The van der Waals surface area contributed by atoms with E-state index in [9.17, 15) is 13.2 Å². The van der Waals surface area contributed by atoms with Gasteiger partial charge < -0.3 is 10.1 Å². The highest BCUT2D eigenvalue weighted by atomic mass is 35.5. The Morgan fingerprint density at radius 1 is 1.38 bits per heavy atom. The molecule has 1 aromatic carbocycles. The zero-order valence-corrected chi connectivity index (χ0v) is 17.0. The molecule has 0 unspecified atom stereocenters. The van der Waals surface area contributed by atoms with E-state index in [4.69, 9.17) is 27.9 Å². The molecule has 0 saturated carbocycles. The lowest BCUT2D eigenvalue weighted by molar-refractivity contribution is -0.126. The molecule has 26 heavy (non-hydrogen) atoms. The highest BCUT2D eigenvalue weighted by Crippen LogP contribution is 2.30. The van der Waals surface area contributed by atoms with Gasteiger partial charge in [0, 0.05) is 37.9 Å². The minimum Gasteiger partial charge on any atom is -0.382 e. The van der Waals surface area contributed by atoms with Gasteiger partial charge in [-0.15, -0.1) is 0 Å². The van der Waals surface area contributed by atoms with Crippen LogP contribution < -0.4 is 5.32 Å². The van der Waals surface area contributed by atoms with Crippen molar-refractivity contribution in [2.45, 2.75) is 31.1 Å². The standard InChI is InChI=1S/C17H24Cl2N2O4S/c1-2-25-10-4-8-20-17(22)13-5-3-9-21(12-13)26(23,24)16-11-14(18)6-7-15(16)19/h6-7,11,13H,2-5,8-10,12H2,1H3,(H,20,22)/t13-/m0/s1. The molecule has 1 aromatic rings. The summed E-state index contributed by atoms with van der Waals surface area (Å²) >= 11 is 12.0. The quantitative estimate of drug-likeness (QED) is 0.653. The number of amides is 1. The third-order valence-electron chi connectivity index (χ3n) is 4.23. The zero-order chi connectivity index (χ0) is 19.2. The van der Waals surface area contributed by atoms with Crippen molar-refractivity contribution in [3.8, 4) is 0 Å². The van der Waals surface area contributed by atoms with Crippen LogP contribution in [0, 0.1) is 5.92 Å². The summed E-state index contributed by atoms with van der Waals surface area (Å²) in [7, 11) is -3.80. The number of hydrogen-bond donors (Lipinski definition) is 1. The van der Waals surface area contributed by atoms with E-state index >= 15 is 0 Å². The summed E-state index contributed by atoms with van der Waals surface area (Å²) in [4.78, 5) is 12.3. The molecular weight excluding hydrogens is 399 g/mol. The molecule has 0 radical (unpaired) electrons. The maximum Gasteiger partial charge on any atom is 0.244 e. The smallest absolute Gasteiger partial charge is 0.244 e. The molecule has 0 bridgehead atoms. The third kappa shape index (κ3) is 5.57. The normalized spacial score (nSPS) is 18.7. The lowest BCUT2D eigenvalue weighted by atomic mass is 9.99. The number of nitrogens with zero attached hydrogens (tertiary/aromatic N) is 1. The Morgan fingerprint density at radius 3 is 2.88 bits per heavy atom. The molecule has 1 aliphatic rings. The summed E-state index contributed by atoms with van der Waals surface area (Å²) in [5.74, 6) is -0.498. The Balaban J connectivity index is 2.00. The number of ether oxygens (including phenoxy) is 1. The largest absolute Gasteiger partial charge is 0.382 e.